The van der Waals surface area contributed by atoms with Crippen molar-refractivity contribution in [3.8, 4) is 5.88 Å². The van der Waals surface area contributed by atoms with Crippen molar-refractivity contribution in [1.82, 2.24) is 25.8 Å². The van der Waals surface area contributed by atoms with Crippen LogP contribution in [0.15, 0.2) is 22.9 Å². The molecule has 1 aliphatic carbocycles. The molecule has 8 heteroatoms. The summed E-state index contributed by atoms with van der Waals surface area (Å²) in [5, 5.41) is 9.71. The molecule has 2 heterocycles. The number of hydrogen-bond acceptors (Lipinski definition) is 6. The van der Waals surface area contributed by atoms with E-state index >= 15 is 0 Å². The van der Waals surface area contributed by atoms with Crippen LogP contribution in [0.2, 0.25) is 0 Å². The predicted octanol–water partition coefficient (Wildman–Crippen LogP) is 3.86. The molecule has 0 radical (unpaired) electrons. The highest BCUT2D eigenvalue weighted by molar-refractivity contribution is 5.74. The van der Waals surface area contributed by atoms with E-state index in [0.717, 1.165) is 24.2 Å². The minimum Gasteiger partial charge on any atom is -0.472 e. The second-order valence-electron chi connectivity index (χ2n) is 8.24. The van der Waals surface area contributed by atoms with Gasteiger partial charge in [-0.1, -0.05) is 24.1 Å². The van der Waals surface area contributed by atoms with Crippen molar-refractivity contribution in [3.63, 3.8) is 0 Å². The van der Waals surface area contributed by atoms with Gasteiger partial charge < -0.3 is 19.9 Å². The smallest absolute Gasteiger partial charge is 0.315 e. The Balaban J connectivity index is 1.46. The first-order chi connectivity index (χ1) is 13.3. The van der Waals surface area contributed by atoms with Gasteiger partial charge in [-0.3, -0.25) is 0 Å². The van der Waals surface area contributed by atoms with Crippen LogP contribution in [0.4, 0.5) is 4.79 Å². The Morgan fingerprint density at radius 1 is 1.32 bits per heavy atom. The average molecular weight is 387 g/mol. The molecule has 2 amide bonds. The lowest BCUT2D eigenvalue weighted by atomic mass is 10.1. The monoisotopic (exact) mass is 387 g/mol. The maximum Gasteiger partial charge on any atom is 0.315 e. The molecule has 2 aromatic heterocycles. The number of hydrogen-bond donors (Lipinski definition) is 2. The molecule has 1 aliphatic rings. The van der Waals surface area contributed by atoms with E-state index in [1.54, 1.807) is 12.3 Å². The molecule has 28 heavy (non-hydrogen) atoms. The number of pyridine rings is 1. The lowest BCUT2D eigenvalue weighted by molar-refractivity contribution is 0.124. The second kappa shape index (κ2) is 8.58. The second-order valence-corrected chi connectivity index (χ2v) is 8.24. The lowest BCUT2D eigenvalue weighted by Crippen LogP contribution is -2.36. The molecule has 1 saturated carbocycles. The van der Waals surface area contributed by atoms with E-state index in [2.05, 4.69) is 25.8 Å². The van der Waals surface area contributed by atoms with Crippen LogP contribution >= 0.6 is 0 Å². The summed E-state index contributed by atoms with van der Waals surface area (Å²) in [6.45, 7) is 8.09. The number of rotatable bonds is 6. The fraction of sp³-hybridized carbons (Fsp3) is 0.600. The van der Waals surface area contributed by atoms with E-state index in [1.165, 1.54) is 12.8 Å². The summed E-state index contributed by atoms with van der Waals surface area (Å²) in [6, 6.07) is 3.02. The van der Waals surface area contributed by atoms with Crippen LogP contribution in [-0.4, -0.2) is 26.8 Å². The van der Waals surface area contributed by atoms with Crippen molar-refractivity contribution in [2.45, 2.75) is 77.5 Å². The van der Waals surface area contributed by atoms with Gasteiger partial charge in [0, 0.05) is 24.7 Å². The molecule has 0 saturated heterocycles. The third-order valence-corrected chi connectivity index (χ3v) is 4.56. The summed E-state index contributed by atoms with van der Waals surface area (Å²) in [5.74, 6) is 2.13. The summed E-state index contributed by atoms with van der Waals surface area (Å²) in [7, 11) is 0. The van der Waals surface area contributed by atoms with Gasteiger partial charge in [-0.15, -0.1) is 0 Å². The Hall–Kier alpha value is -2.64. The molecule has 8 nitrogen and oxygen atoms in total. The van der Waals surface area contributed by atoms with Gasteiger partial charge in [0.25, 0.3) is 0 Å². The lowest BCUT2D eigenvalue weighted by Gasteiger charge is -2.20. The van der Waals surface area contributed by atoms with E-state index < -0.39 is 0 Å². The number of amides is 2. The zero-order valence-electron chi connectivity index (χ0n) is 17.0. The molecule has 0 aromatic carbocycles. The molecule has 2 N–H and O–H groups in total. The number of carbonyl (C=O) groups is 1. The first-order valence-electron chi connectivity index (χ1n) is 9.82. The summed E-state index contributed by atoms with van der Waals surface area (Å²) < 4.78 is 11.0. The third kappa shape index (κ3) is 5.68. The zero-order chi connectivity index (χ0) is 20.1. The normalized spacial score (nSPS) is 16.0. The molecule has 0 bridgehead atoms. The van der Waals surface area contributed by atoms with Gasteiger partial charge in [0.2, 0.25) is 11.8 Å². The zero-order valence-corrected chi connectivity index (χ0v) is 17.0. The Bertz CT molecular complexity index is 776. The Morgan fingerprint density at radius 3 is 2.71 bits per heavy atom. The summed E-state index contributed by atoms with van der Waals surface area (Å²) in [4.78, 5) is 20.9. The largest absolute Gasteiger partial charge is 0.472 e. The summed E-state index contributed by atoms with van der Waals surface area (Å²) in [5.41, 5.74) is 0.584. The van der Waals surface area contributed by atoms with Gasteiger partial charge >= 0.3 is 6.03 Å². The molecular weight excluding hydrogens is 358 g/mol. The van der Waals surface area contributed by atoms with Crippen molar-refractivity contribution < 1.29 is 14.1 Å². The van der Waals surface area contributed by atoms with Crippen molar-refractivity contribution in [2.24, 2.45) is 0 Å². The van der Waals surface area contributed by atoms with E-state index in [0.29, 0.717) is 24.2 Å². The molecule has 0 aliphatic heterocycles. The summed E-state index contributed by atoms with van der Waals surface area (Å²) in [6.07, 6.45) is 6.33. The van der Waals surface area contributed by atoms with Gasteiger partial charge in [-0.2, -0.15) is 4.98 Å². The van der Waals surface area contributed by atoms with Crippen molar-refractivity contribution in [3.05, 3.63) is 35.6 Å². The predicted molar refractivity (Wildman–Crippen MR) is 104 cm³/mol. The maximum atomic E-state index is 12.2. The van der Waals surface area contributed by atoms with Crippen molar-refractivity contribution in [2.75, 3.05) is 0 Å². The van der Waals surface area contributed by atoms with Gasteiger partial charge in [-0.05, 0) is 46.1 Å². The Kier molecular flexibility index (Phi) is 6.16. The molecule has 0 spiro atoms. The van der Waals surface area contributed by atoms with E-state index in [-0.39, 0.29) is 17.7 Å². The Labute approximate surface area is 165 Å². The van der Waals surface area contributed by atoms with Crippen LogP contribution in [0.5, 0.6) is 5.88 Å². The fourth-order valence-electron chi connectivity index (χ4n) is 3.15. The minimum absolute atomic E-state index is 0.296. The standard InChI is InChI=1S/C20H29N5O3/c1-13(18-24-17(25-28-18)15-7-5-6-8-15)23-19(26)22-12-14-9-10-16(21-11-14)27-20(2,3)4/h9-11,13,15H,5-8,12H2,1-4H3,(H2,22,23,26). The van der Waals surface area contributed by atoms with Crippen LogP contribution in [0.25, 0.3) is 0 Å². The minimum atomic E-state index is -0.358. The van der Waals surface area contributed by atoms with Gasteiger partial charge in [0.05, 0.1) is 0 Å². The molecular formula is C20H29N5O3. The fourth-order valence-corrected chi connectivity index (χ4v) is 3.15. The van der Waals surface area contributed by atoms with E-state index in [9.17, 15) is 4.79 Å². The molecule has 1 unspecified atom stereocenters. The molecule has 3 rings (SSSR count). The van der Waals surface area contributed by atoms with Crippen LogP contribution in [0.1, 0.15) is 82.6 Å². The Morgan fingerprint density at radius 2 is 2.07 bits per heavy atom. The average Bonchev–Trinajstić information content (AvgIpc) is 3.31. The first-order valence-corrected chi connectivity index (χ1v) is 9.82. The van der Waals surface area contributed by atoms with Crippen LogP contribution in [0.3, 0.4) is 0 Å². The number of nitrogens with zero attached hydrogens (tertiary/aromatic N) is 3. The number of nitrogens with one attached hydrogen (secondary N) is 2. The van der Waals surface area contributed by atoms with Crippen LogP contribution in [0, 0.1) is 0 Å². The van der Waals surface area contributed by atoms with Crippen LogP contribution in [-0.2, 0) is 6.54 Å². The maximum absolute atomic E-state index is 12.2. The van der Waals surface area contributed by atoms with Crippen molar-refractivity contribution in [1.29, 1.82) is 0 Å². The van der Waals surface area contributed by atoms with Gasteiger partial charge in [-0.25, -0.2) is 9.78 Å². The molecule has 1 fully saturated rings. The number of ether oxygens (including phenoxy) is 1. The van der Waals surface area contributed by atoms with Crippen molar-refractivity contribution >= 4 is 6.03 Å². The third-order valence-electron chi connectivity index (χ3n) is 4.56. The highest BCUT2D eigenvalue weighted by atomic mass is 16.5. The quantitative estimate of drug-likeness (QED) is 0.780. The number of urea groups is 1. The molecule has 1 atom stereocenters. The van der Waals surface area contributed by atoms with E-state index in [4.69, 9.17) is 9.26 Å². The first kappa shape index (κ1) is 20.1. The van der Waals surface area contributed by atoms with E-state index in [1.807, 2.05) is 33.8 Å². The number of carbonyl (C=O) groups excluding carboxylic acids is 1. The highest BCUT2D eigenvalue weighted by Gasteiger charge is 2.24. The van der Waals surface area contributed by atoms with Gasteiger partial charge in [0.15, 0.2) is 5.82 Å². The molecule has 2 aromatic rings. The molecule has 152 valence electrons. The van der Waals surface area contributed by atoms with Gasteiger partial charge in [0.1, 0.15) is 11.6 Å². The van der Waals surface area contributed by atoms with Crippen LogP contribution < -0.4 is 15.4 Å². The topological polar surface area (TPSA) is 102 Å². The highest BCUT2D eigenvalue weighted by Crippen LogP contribution is 2.32. The number of aromatic nitrogens is 3. The SMILES string of the molecule is CC(NC(=O)NCc1ccc(OC(C)(C)C)nc1)c1nc(C2CCCC2)no1. The summed E-state index contributed by atoms with van der Waals surface area (Å²) >= 11 is 0.